The van der Waals surface area contributed by atoms with Gasteiger partial charge in [-0.2, -0.15) is 10.4 Å². The molecule has 0 saturated heterocycles. The van der Waals surface area contributed by atoms with Crippen molar-refractivity contribution in [1.82, 2.24) is 15.3 Å². The molecule has 1 aromatic carbocycles. The van der Waals surface area contributed by atoms with Crippen molar-refractivity contribution < 1.29 is 14.3 Å². The van der Waals surface area contributed by atoms with Gasteiger partial charge in [-0.1, -0.05) is 30.3 Å². The van der Waals surface area contributed by atoms with Gasteiger partial charge in [0.25, 0.3) is 5.91 Å². The fourth-order valence-corrected chi connectivity index (χ4v) is 1.84. The number of hydrogen-bond donors (Lipinski definition) is 3. The van der Waals surface area contributed by atoms with Crippen LogP contribution in [-0.2, 0) is 16.1 Å². The molecule has 1 aromatic heterocycles. The minimum absolute atomic E-state index is 0.0487. The molecule has 0 aliphatic rings. The van der Waals surface area contributed by atoms with Gasteiger partial charge in [0, 0.05) is 6.54 Å². The standard InChI is InChI=1S/C16H16N6O3/c1-2-25-16(24)13-14(20-10-19-13)22-21-12(8-17)15(23)18-9-11-6-4-3-5-7-11/h3-7,10,22H,2,9H2,1H3,(H,18,23)(H,19,20)/b21-12+. The van der Waals surface area contributed by atoms with Gasteiger partial charge < -0.3 is 15.0 Å². The summed E-state index contributed by atoms with van der Waals surface area (Å²) in [5, 5.41) is 15.4. The number of imidazole rings is 1. The highest BCUT2D eigenvalue weighted by atomic mass is 16.5. The lowest BCUT2D eigenvalue weighted by atomic mass is 10.2. The highest BCUT2D eigenvalue weighted by Crippen LogP contribution is 2.10. The van der Waals surface area contributed by atoms with Crippen molar-refractivity contribution >= 4 is 23.4 Å². The maximum atomic E-state index is 12.0. The third kappa shape index (κ3) is 4.90. The molecule has 2 aromatic rings. The summed E-state index contributed by atoms with van der Waals surface area (Å²) < 4.78 is 4.85. The van der Waals surface area contributed by atoms with E-state index in [2.05, 4.69) is 25.8 Å². The summed E-state index contributed by atoms with van der Waals surface area (Å²) in [6.45, 7) is 2.13. The summed E-state index contributed by atoms with van der Waals surface area (Å²) in [6, 6.07) is 10.9. The monoisotopic (exact) mass is 340 g/mol. The Bertz CT molecular complexity index is 807. The Morgan fingerprint density at radius 3 is 2.80 bits per heavy atom. The van der Waals surface area contributed by atoms with E-state index in [9.17, 15) is 9.59 Å². The molecular weight excluding hydrogens is 324 g/mol. The van der Waals surface area contributed by atoms with E-state index in [0.717, 1.165) is 5.56 Å². The molecule has 9 heteroatoms. The van der Waals surface area contributed by atoms with Crippen molar-refractivity contribution in [2.75, 3.05) is 12.0 Å². The van der Waals surface area contributed by atoms with Gasteiger partial charge in [-0.25, -0.2) is 9.78 Å². The Hall–Kier alpha value is -3.67. The van der Waals surface area contributed by atoms with Crippen molar-refractivity contribution in [3.05, 3.63) is 47.9 Å². The predicted octanol–water partition coefficient (Wildman–Crippen LogP) is 1.19. The number of aromatic nitrogens is 2. The first-order valence-corrected chi connectivity index (χ1v) is 7.42. The van der Waals surface area contributed by atoms with E-state index in [-0.39, 0.29) is 24.7 Å². The number of anilines is 1. The number of rotatable bonds is 7. The number of hydrogen-bond acceptors (Lipinski definition) is 7. The van der Waals surface area contributed by atoms with Crippen LogP contribution in [0.15, 0.2) is 41.8 Å². The number of ether oxygens (including phenoxy) is 1. The Balaban J connectivity index is 2.01. The summed E-state index contributed by atoms with van der Waals surface area (Å²) in [6.07, 6.45) is 1.27. The lowest BCUT2D eigenvalue weighted by Gasteiger charge is -2.04. The first-order chi connectivity index (χ1) is 12.2. The molecule has 0 aliphatic heterocycles. The van der Waals surface area contributed by atoms with Gasteiger partial charge in [-0.3, -0.25) is 10.2 Å². The van der Waals surface area contributed by atoms with E-state index in [0.29, 0.717) is 0 Å². The minimum atomic E-state index is -0.646. The van der Waals surface area contributed by atoms with Gasteiger partial charge in [0.1, 0.15) is 6.07 Å². The van der Waals surface area contributed by atoms with Crippen LogP contribution in [0, 0.1) is 11.3 Å². The number of amides is 1. The number of H-pyrrole nitrogens is 1. The van der Waals surface area contributed by atoms with Gasteiger partial charge >= 0.3 is 5.97 Å². The quantitative estimate of drug-likeness (QED) is 0.394. The molecule has 2 rings (SSSR count). The number of esters is 1. The molecule has 128 valence electrons. The summed E-state index contributed by atoms with van der Waals surface area (Å²) in [5.74, 6) is -1.21. The van der Waals surface area contributed by atoms with Crippen LogP contribution in [-0.4, -0.2) is 34.2 Å². The topological polar surface area (TPSA) is 132 Å². The fourth-order valence-electron chi connectivity index (χ4n) is 1.84. The zero-order chi connectivity index (χ0) is 18.1. The van der Waals surface area contributed by atoms with Crippen LogP contribution in [0.5, 0.6) is 0 Å². The Morgan fingerprint density at radius 1 is 1.36 bits per heavy atom. The van der Waals surface area contributed by atoms with Crippen molar-refractivity contribution in [3.63, 3.8) is 0 Å². The van der Waals surface area contributed by atoms with Crippen molar-refractivity contribution in [3.8, 4) is 6.07 Å². The minimum Gasteiger partial charge on any atom is -0.461 e. The van der Waals surface area contributed by atoms with Crippen LogP contribution in [0.25, 0.3) is 0 Å². The van der Waals surface area contributed by atoms with Crippen molar-refractivity contribution in [2.24, 2.45) is 5.10 Å². The van der Waals surface area contributed by atoms with Gasteiger partial charge in [-0.05, 0) is 12.5 Å². The lowest BCUT2D eigenvalue weighted by molar-refractivity contribution is -0.114. The van der Waals surface area contributed by atoms with Crippen LogP contribution in [0.3, 0.4) is 0 Å². The molecule has 25 heavy (non-hydrogen) atoms. The number of hydrazone groups is 1. The first kappa shape index (κ1) is 17.7. The predicted molar refractivity (Wildman–Crippen MR) is 89.5 cm³/mol. The highest BCUT2D eigenvalue weighted by molar-refractivity contribution is 6.45. The molecule has 0 radical (unpaired) electrons. The maximum Gasteiger partial charge on any atom is 0.358 e. The number of carbonyl (C=O) groups is 2. The Kier molecular flexibility index (Phi) is 6.24. The third-order valence-electron chi connectivity index (χ3n) is 3.01. The molecule has 0 aliphatic carbocycles. The molecule has 0 atom stereocenters. The molecular formula is C16H16N6O3. The second-order valence-corrected chi connectivity index (χ2v) is 4.70. The second kappa shape index (κ2) is 8.83. The smallest absolute Gasteiger partial charge is 0.358 e. The summed E-state index contributed by atoms with van der Waals surface area (Å²) in [7, 11) is 0. The lowest BCUT2D eigenvalue weighted by Crippen LogP contribution is -2.30. The SMILES string of the molecule is CCOC(=O)c1[nH]cnc1N/N=C(\C#N)C(=O)NCc1ccccc1. The summed E-state index contributed by atoms with van der Waals surface area (Å²) >= 11 is 0. The van der Waals surface area contributed by atoms with Crippen LogP contribution in [0.4, 0.5) is 5.82 Å². The Labute approximate surface area is 143 Å². The average molecular weight is 340 g/mol. The van der Waals surface area contributed by atoms with E-state index >= 15 is 0 Å². The van der Waals surface area contributed by atoms with E-state index in [1.807, 2.05) is 30.3 Å². The number of nitrogens with one attached hydrogen (secondary N) is 3. The van der Waals surface area contributed by atoms with Crippen molar-refractivity contribution in [2.45, 2.75) is 13.5 Å². The first-order valence-electron chi connectivity index (χ1n) is 7.42. The zero-order valence-corrected chi connectivity index (χ0v) is 13.4. The molecule has 0 saturated carbocycles. The highest BCUT2D eigenvalue weighted by Gasteiger charge is 2.16. The molecule has 1 amide bonds. The number of nitrogens with zero attached hydrogens (tertiary/aromatic N) is 3. The molecule has 9 nitrogen and oxygen atoms in total. The maximum absolute atomic E-state index is 12.0. The molecule has 0 fully saturated rings. The normalized spacial score (nSPS) is 10.6. The molecule has 0 spiro atoms. The number of aromatic amines is 1. The zero-order valence-electron chi connectivity index (χ0n) is 13.4. The van der Waals surface area contributed by atoms with Gasteiger partial charge in [0.15, 0.2) is 11.5 Å². The van der Waals surface area contributed by atoms with Gasteiger partial charge in [0.05, 0.1) is 12.9 Å². The van der Waals surface area contributed by atoms with E-state index in [1.54, 1.807) is 13.0 Å². The second-order valence-electron chi connectivity index (χ2n) is 4.70. The molecule has 3 N–H and O–H groups in total. The van der Waals surface area contributed by atoms with Crippen LogP contribution in [0.1, 0.15) is 23.0 Å². The number of benzene rings is 1. The van der Waals surface area contributed by atoms with Crippen LogP contribution in [0.2, 0.25) is 0 Å². The van der Waals surface area contributed by atoms with Gasteiger partial charge in [-0.15, -0.1) is 0 Å². The molecule has 0 bridgehead atoms. The number of carbonyl (C=O) groups excluding carboxylic acids is 2. The molecule has 1 heterocycles. The third-order valence-corrected chi connectivity index (χ3v) is 3.01. The van der Waals surface area contributed by atoms with Crippen LogP contribution >= 0.6 is 0 Å². The summed E-state index contributed by atoms with van der Waals surface area (Å²) in [5.41, 5.74) is 2.97. The summed E-state index contributed by atoms with van der Waals surface area (Å²) in [4.78, 5) is 30.2. The average Bonchev–Trinajstić information content (AvgIpc) is 3.10. The van der Waals surface area contributed by atoms with E-state index < -0.39 is 17.6 Å². The van der Waals surface area contributed by atoms with Crippen LogP contribution < -0.4 is 10.7 Å². The van der Waals surface area contributed by atoms with Gasteiger partial charge in [0.2, 0.25) is 5.71 Å². The van der Waals surface area contributed by atoms with E-state index in [1.165, 1.54) is 6.33 Å². The largest absolute Gasteiger partial charge is 0.461 e. The van der Waals surface area contributed by atoms with Crippen molar-refractivity contribution in [1.29, 1.82) is 5.26 Å². The fraction of sp³-hybridized carbons (Fsp3) is 0.188. The Morgan fingerprint density at radius 2 is 2.12 bits per heavy atom. The molecule has 0 unspecified atom stereocenters. The number of nitriles is 1. The van der Waals surface area contributed by atoms with E-state index in [4.69, 9.17) is 10.00 Å².